The molecule has 3 nitrogen and oxygen atoms in total. The van der Waals surface area contributed by atoms with Gasteiger partial charge in [0, 0.05) is 59.9 Å². The number of hydrogen-bond donors (Lipinski definition) is 3. The van der Waals surface area contributed by atoms with Gasteiger partial charge in [-0.1, -0.05) is 35.4 Å². The van der Waals surface area contributed by atoms with E-state index in [-0.39, 0.29) is 47.2 Å². The fourth-order valence-electron chi connectivity index (χ4n) is 3.59. The average Bonchev–Trinajstić information content (AvgIpc) is 2.50. The van der Waals surface area contributed by atoms with Crippen molar-refractivity contribution in [3.8, 4) is 0 Å². The van der Waals surface area contributed by atoms with Crippen LogP contribution >= 0.6 is 0 Å². The summed E-state index contributed by atoms with van der Waals surface area (Å²) in [6.45, 7) is 16.8. The predicted octanol–water partition coefficient (Wildman–Crippen LogP) is -1.34. The van der Waals surface area contributed by atoms with E-state index in [2.05, 4.69) is 81.8 Å². The normalized spacial score (nSPS) is 9.64. The monoisotopic (exact) mass is 606 g/mol. The summed E-state index contributed by atoms with van der Waals surface area (Å²) in [6, 6.07) is 8.94. The van der Waals surface area contributed by atoms with Crippen LogP contribution in [0.5, 0.6) is 0 Å². The Morgan fingerprint density at radius 2 is 0.821 bits per heavy atom. The Kier molecular flexibility index (Phi) is 15.1. The molecule has 0 unspecified atom stereocenters. The molecule has 0 bridgehead atoms. The van der Waals surface area contributed by atoms with Crippen LogP contribution in [0, 0.1) is 41.5 Å². The molecule has 0 spiro atoms. The summed E-state index contributed by atoms with van der Waals surface area (Å²) in [5, 5.41) is 10.6. The van der Waals surface area contributed by atoms with Gasteiger partial charge in [0.25, 0.3) is 0 Å². The van der Waals surface area contributed by atoms with Gasteiger partial charge in [-0.05, 0) is 63.8 Å². The second-order valence-corrected chi connectivity index (χ2v) is 7.15. The Morgan fingerprint density at radius 3 is 1.11 bits per heavy atom. The number of nitrogens with one attached hydrogen (secondary N) is 3. The van der Waals surface area contributed by atoms with Gasteiger partial charge in [-0.2, -0.15) is 0 Å². The summed E-state index contributed by atoms with van der Waals surface area (Å²) in [5.41, 5.74) is 10.5. The fourth-order valence-corrected chi connectivity index (χ4v) is 3.59. The Hall–Kier alpha value is -0.680. The van der Waals surface area contributed by atoms with E-state index in [9.17, 15) is 0 Å². The van der Waals surface area contributed by atoms with Gasteiger partial charge in [0.05, 0.1) is 0 Å². The molecule has 6 heteroatoms. The van der Waals surface area contributed by atoms with Crippen molar-refractivity contribution in [1.82, 2.24) is 5.32 Å². The molecule has 0 aliphatic rings. The van der Waals surface area contributed by atoms with Crippen LogP contribution < -0.4 is 40.8 Å². The number of halogens is 2. The summed E-state index contributed by atoms with van der Waals surface area (Å²) in [4.78, 5) is 0. The zero-order chi connectivity index (χ0) is 18.4. The molecule has 3 N–H and O–H groups in total. The maximum absolute atomic E-state index is 3.56. The van der Waals surface area contributed by atoms with Gasteiger partial charge in [-0.3, -0.25) is 0 Å². The summed E-state index contributed by atoms with van der Waals surface area (Å²) >= 11 is 0. The number of rotatable bonds is 8. The Bertz CT molecular complexity index is 628. The molecule has 0 saturated carbocycles. The van der Waals surface area contributed by atoms with E-state index < -0.39 is 0 Å². The van der Waals surface area contributed by atoms with Crippen molar-refractivity contribution in [2.24, 2.45) is 0 Å². The average molecular weight is 607 g/mol. The summed E-state index contributed by atoms with van der Waals surface area (Å²) < 4.78 is 0. The van der Waals surface area contributed by atoms with Crippen molar-refractivity contribution in [3.05, 3.63) is 57.6 Å². The van der Waals surface area contributed by atoms with Gasteiger partial charge >= 0.3 is 0 Å². The SMILES string of the molecule is Cc1cc(C)c(NCCNCCNc2c(C)cc(C)cc2C)c(C)c1.[Au].[Cl-].[Cl-]. The van der Waals surface area contributed by atoms with Gasteiger partial charge in [-0.15, -0.1) is 0 Å². The van der Waals surface area contributed by atoms with Crippen LogP contribution in [0.4, 0.5) is 11.4 Å². The second kappa shape index (κ2) is 14.3. The first-order valence-corrected chi connectivity index (χ1v) is 9.22. The maximum Gasteiger partial charge on any atom is 0.0400 e. The molecule has 163 valence electrons. The van der Waals surface area contributed by atoms with Crippen LogP contribution in [0.3, 0.4) is 0 Å². The molecule has 1 radical (unpaired) electrons. The predicted molar refractivity (Wildman–Crippen MR) is 111 cm³/mol. The first-order valence-electron chi connectivity index (χ1n) is 9.22. The quantitative estimate of drug-likeness (QED) is 0.257. The molecule has 0 aliphatic carbocycles. The molecular formula is C22H33AuCl2N3-2. The van der Waals surface area contributed by atoms with Crippen LogP contribution in [0.25, 0.3) is 0 Å². The minimum absolute atomic E-state index is 0. The van der Waals surface area contributed by atoms with Crippen LogP contribution in [-0.2, 0) is 22.4 Å². The summed E-state index contributed by atoms with van der Waals surface area (Å²) in [7, 11) is 0. The van der Waals surface area contributed by atoms with Crippen molar-refractivity contribution in [2.45, 2.75) is 41.5 Å². The number of aryl methyl sites for hydroxylation is 6. The third kappa shape index (κ3) is 8.77. The molecule has 0 saturated heterocycles. The molecular weight excluding hydrogens is 574 g/mol. The molecule has 0 atom stereocenters. The van der Waals surface area contributed by atoms with E-state index in [4.69, 9.17) is 0 Å². The number of anilines is 2. The Balaban J connectivity index is 0. The van der Waals surface area contributed by atoms with Gasteiger partial charge in [0.15, 0.2) is 0 Å². The Labute approximate surface area is 199 Å². The summed E-state index contributed by atoms with van der Waals surface area (Å²) in [6.07, 6.45) is 0. The van der Waals surface area contributed by atoms with E-state index in [1.807, 2.05) is 0 Å². The molecule has 0 amide bonds. The largest absolute Gasteiger partial charge is 1.00 e. The standard InChI is InChI=1S/C22H33N3.Au.2ClH/c1-15-11-17(3)21(18(4)12-15)24-9-7-23-8-10-25-22-19(5)13-16(2)14-20(22)6;;;/h11-14,23-25H,7-10H2,1-6H3;;2*1H/p-2. The van der Waals surface area contributed by atoms with Gasteiger partial charge in [-0.25, -0.2) is 0 Å². The fraction of sp³-hybridized carbons (Fsp3) is 0.455. The minimum atomic E-state index is 0. The van der Waals surface area contributed by atoms with E-state index in [1.165, 1.54) is 44.8 Å². The van der Waals surface area contributed by atoms with Crippen molar-refractivity contribution < 1.29 is 47.2 Å². The van der Waals surface area contributed by atoms with Crippen molar-refractivity contribution in [2.75, 3.05) is 36.8 Å². The third-order valence-corrected chi connectivity index (χ3v) is 4.56. The van der Waals surface area contributed by atoms with Crippen LogP contribution in [0.15, 0.2) is 24.3 Å². The first-order chi connectivity index (χ1) is 11.9. The number of hydrogen-bond acceptors (Lipinski definition) is 3. The van der Waals surface area contributed by atoms with Gasteiger partial charge < -0.3 is 40.8 Å². The molecule has 0 fully saturated rings. The molecule has 2 aromatic carbocycles. The molecule has 0 heterocycles. The first kappa shape index (κ1) is 29.5. The zero-order valence-electron chi connectivity index (χ0n) is 17.7. The zero-order valence-corrected chi connectivity index (χ0v) is 21.4. The topological polar surface area (TPSA) is 36.1 Å². The van der Waals surface area contributed by atoms with E-state index in [0.29, 0.717) is 0 Å². The second-order valence-electron chi connectivity index (χ2n) is 7.15. The van der Waals surface area contributed by atoms with Gasteiger partial charge in [0.1, 0.15) is 0 Å². The summed E-state index contributed by atoms with van der Waals surface area (Å²) in [5.74, 6) is 0. The minimum Gasteiger partial charge on any atom is -1.00 e. The third-order valence-electron chi connectivity index (χ3n) is 4.56. The van der Waals surface area contributed by atoms with E-state index in [1.54, 1.807) is 0 Å². The van der Waals surface area contributed by atoms with Gasteiger partial charge in [0.2, 0.25) is 0 Å². The van der Waals surface area contributed by atoms with Crippen molar-refractivity contribution in [1.29, 1.82) is 0 Å². The van der Waals surface area contributed by atoms with Crippen molar-refractivity contribution >= 4 is 11.4 Å². The molecule has 0 aliphatic heterocycles. The van der Waals surface area contributed by atoms with Crippen molar-refractivity contribution in [3.63, 3.8) is 0 Å². The maximum atomic E-state index is 3.56. The van der Waals surface area contributed by atoms with E-state index >= 15 is 0 Å². The number of benzene rings is 2. The molecule has 2 aromatic rings. The Morgan fingerprint density at radius 1 is 0.536 bits per heavy atom. The molecule has 0 aromatic heterocycles. The smallest absolute Gasteiger partial charge is 0.0400 e. The van der Waals surface area contributed by atoms with Crippen LogP contribution in [-0.4, -0.2) is 26.2 Å². The molecule has 2 rings (SSSR count). The molecule has 28 heavy (non-hydrogen) atoms. The van der Waals surface area contributed by atoms with E-state index in [0.717, 1.165) is 26.2 Å². The van der Waals surface area contributed by atoms with Crippen LogP contribution in [0.1, 0.15) is 33.4 Å². The van der Waals surface area contributed by atoms with Crippen LogP contribution in [0.2, 0.25) is 0 Å².